The number of rotatable bonds is 2. The van der Waals surface area contributed by atoms with Crippen molar-refractivity contribution in [1.29, 1.82) is 0 Å². The molecule has 0 spiro atoms. The Bertz CT molecular complexity index is 714. The van der Waals surface area contributed by atoms with Crippen LogP contribution in [0.25, 0.3) is 0 Å². The topological polar surface area (TPSA) is 89.3 Å². The molecule has 1 fully saturated rings. The third-order valence-corrected chi connectivity index (χ3v) is 5.20. The monoisotopic (exact) mass is 306 g/mol. The summed E-state index contributed by atoms with van der Waals surface area (Å²) in [5, 5.41) is 2.76. The third kappa shape index (κ3) is 4.06. The number of sulfone groups is 1. The van der Waals surface area contributed by atoms with Crippen LogP contribution in [0, 0.1) is 24.7 Å². The molecule has 0 aromatic heterocycles. The molecule has 0 aliphatic carbocycles. The number of carbonyl (C=O) groups excluding carboxylic acids is 1. The zero-order valence-electron chi connectivity index (χ0n) is 11.8. The van der Waals surface area contributed by atoms with Crippen molar-refractivity contribution in [3.8, 4) is 11.8 Å². The van der Waals surface area contributed by atoms with Crippen LogP contribution in [0.3, 0.4) is 0 Å². The van der Waals surface area contributed by atoms with E-state index in [0.29, 0.717) is 12.1 Å². The first-order valence-electron chi connectivity index (χ1n) is 6.72. The quantitative estimate of drug-likeness (QED) is 0.786. The number of nitrogens with one attached hydrogen (secondary N) is 1. The van der Waals surface area contributed by atoms with E-state index >= 15 is 0 Å². The molecule has 1 saturated heterocycles. The van der Waals surface area contributed by atoms with Crippen LogP contribution in [0.1, 0.15) is 17.5 Å². The van der Waals surface area contributed by atoms with Crippen LogP contribution in [0.4, 0.5) is 5.69 Å². The average molecular weight is 306 g/mol. The van der Waals surface area contributed by atoms with Gasteiger partial charge < -0.3 is 11.1 Å². The first-order valence-corrected chi connectivity index (χ1v) is 8.54. The predicted octanol–water partition coefficient (Wildman–Crippen LogP) is 0.678. The van der Waals surface area contributed by atoms with E-state index in [-0.39, 0.29) is 24.0 Å². The van der Waals surface area contributed by atoms with Crippen molar-refractivity contribution in [1.82, 2.24) is 0 Å². The number of anilines is 1. The molecule has 1 aromatic rings. The van der Waals surface area contributed by atoms with Crippen LogP contribution in [0.15, 0.2) is 18.2 Å². The molecule has 1 amide bonds. The van der Waals surface area contributed by atoms with E-state index in [9.17, 15) is 13.2 Å². The summed E-state index contributed by atoms with van der Waals surface area (Å²) in [7, 11) is -3.06. The average Bonchev–Trinajstić information content (AvgIpc) is 2.80. The Morgan fingerprint density at radius 3 is 2.86 bits per heavy atom. The van der Waals surface area contributed by atoms with Crippen molar-refractivity contribution in [3.05, 3.63) is 29.3 Å². The third-order valence-electron chi connectivity index (χ3n) is 3.43. The second-order valence-corrected chi connectivity index (χ2v) is 7.35. The molecule has 1 aromatic carbocycles. The maximum Gasteiger partial charge on any atom is 0.228 e. The summed E-state index contributed by atoms with van der Waals surface area (Å²) in [5.41, 5.74) is 7.78. The Labute approximate surface area is 124 Å². The Balaban J connectivity index is 2.11. The largest absolute Gasteiger partial charge is 0.326 e. The van der Waals surface area contributed by atoms with Gasteiger partial charge in [0.25, 0.3) is 0 Å². The van der Waals surface area contributed by atoms with Crippen LogP contribution in [0.5, 0.6) is 0 Å². The molecule has 1 atom stereocenters. The molecule has 1 heterocycles. The van der Waals surface area contributed by atoms with Gasteiger partial charge in [0, 0.05) is 11.3 Å². The van der Waals surface area contributed by atoms with Gasteiger partial charge in [0.15, 0.2) is 9.84 Å². The minimum Gasteiger partial charge on any atom is -0.326 e. The number of nitrogens with two attached hydrogens (primary N) is 1. The number of amides is 1. The van der Waals surface area contributed by atoms with E-state index in [2.05, 4.69) is 17.2 Å². The van der Waals surface area contributed by atoms with E-state index in [1.807, 2.05) is 13.0 Å². The summed E-state index contributed by atoms with van der Waals surface area (Å²) >= 11 is 0. The summed E-state index contributed by atoms with van der Waals surface area (Å²) < 4.78 is 22.8. The summed E-state index contributed by atoms with van der Waals surface area (Å²) in [5.74, 6) is 5.03. The first-order chi connectivity index (χ1) is 9.91. The van der Waals surface area contributed by atoms with Crippen LogP contribution in [-0.4, -0.2) is 32.4 Å². The van der Waals surface area contributed by atoms with Crippen LogP contribution < -0.4 is 11.1 Å². The Kier molecular flexibility index (Phi) is 4.66. The Hall–Kier alpha value is -1.84. The van der Waals surface area contributed by atoms with E-state index in [0.717, 1.165) is 11.1 Å². The van der Waals surface area contributed by atoms with Gasteiger partial charge in [-0.3, -0.25) is 4.79 Å². The zero-order valence-corrected chi connectivity index (χ0v) is 12.7. The second-order valence-electron chi connectivity index (χ2n) is 5.12. The van der Waals surface area contributed by atoms with Gasteiger partial charge in [-0.2, -0.15) is 0 Å². The smallest absolute Gasteiger partial charge is 0.228 e. The van der Waals surface area contributed by atoms with Crippen LogP contribution in [-0.2, 0) is 14.6 Å². The maximum absolute atomic E-state index is 12.1. The summed E-state index contributed by atoms with van der Waals surface area (Å²) in [6, 6.07) is 5.42. The summed E-state index contributed by atoms with van der Waals surface area (Å²) in [6.45, 7) is 2.20. The minimum atomic E-state index is -3.06. The van der Waals surface area contributed by atoms with Crippen LogP contribution >= 0.6 is 0 Å². The molecule has 6 heteroatoms. The number of hydrogen-bond donors (Lipinski definition) is 2. The first kappa shape index (κ1) is 15.5. The number of hydrogen-bond acceptors (Lipinski definition) is 4. The fourth-order valence-corrected chi connectivity index (χ4v) is 3.97. The molecule has 2 rings (SSSR count). The molecule has 3 N–H and O–H groups in total. The summed E-state index contributed by atoms with van der Waals surface area (Å²) in [4.78, 5) is 12.1. The molecule has 5 nitrogen and oxygen atoms in total. The van der Waals surface area contributed by atoms with Gasteiger partial charge in [-0.25, -0.2) is 8.42 Å². The standard InChI is InChI=1S/C15H18N2O3S/c1-11-4-5-14(9-12(11)3-2-7-16)17-15(18)13-6-8-21(19,20)10-13/h4-5,9,13H,6-8,10,16H2,1H3,(H,17,18). The fourth-order valence-electron chi connectivity index (χ4n) is 2.23. The maximum atomic E-state index is 12.1. The zero-order chi connectivity index (χ0) is 15.5. The molecule has 1 aliphatic heterocycles. The number of aryl methyl sites for hydroxylation is 1. The summed E-state index contributed by atoms with van der Waals surface area (Å²) in [6.07, 6.45) is 0.389. The molecule has 112 valence electrons. The van der Waals surface area contributed by atoms with Crippen molar-refractivity contribution in [2.24, 2.45) is 11.7 Å². The SMILES string of the molecule is Cc1ccc(NC(=O)C2CCS(=O)(=O)C2)cc1C#CCN. The van der Waals surface area contributed by atoms with Gasteiger partial charge in [-0.15, -0.1) is 0 Å². The molecule has 21 heavy (non-hydrogen) atoms. The van der Waals surface area contributed by atoms with Crippen molar-refractivity contribution in [2.75, 3.05) is 23.4 Å². The Morgan fingerprint density at radius 2 is 2.24 bits per heavy atom. The van der Waals surface area contributed by atoms with Gasteiger partial charge in [0.05, 0.1) is 24.0 Å². The fraction of sp³-hybridized carbons (Fsp3) is 0.400. The van der Waals surface area contributed by atoms with Crippen molar-refractivity contribution >= 4 is 21.4 Å². The van der Waals surface area contributed by atoms with Crippen molar-refractivity contribution in [3.63, 3.8) is 0 Å². The highest BCUT2D eigenvalue weighted by Gasteiger charge is 2.32. The van der Waals surface area contributed by atoms with E-state index in [1.165, 1.54) is 0 Å². The normalized spacial score (nSPS) is 19.6. The highest BCUT2D eigenvalue weighted by molar-refractivity contribution is 7.91. The number of benzene rings is 1. The van der Waals surface area contributed by atoms with Gasteiger partial charge in [0.2, 0.25) is 5.91 Å². The molecule has 0 radical (unpaired) electrons. The van der Waals surface area contributed by atoms with Gasteiger partial charge in [-0.05, 0) is 31.0 Å². The van der Waals surface area contributed by atoms with Gasteiger partial charge in [-0.1, -0.05) is 17.9 Å². The van der Waals surface area contributed by atoms with Gasteiger partial charge >= 0.3 is 0 Å². The van der Waals surface area contributed by atoms with E-state index in [4.69, 9.17) is 5.73 Å². The minimum absolute atomic E-state index is 0.0649. The van der Waals surface area contributed by atoms with Crippen molar-refractivity contribution < 1.29 is 13.2 Å². The molecule has 0 saturated carbocycles. The number of carbonyl (C=O) groups is 1. The molecule has 1 aliphatic rings. The van der Waals surface area contributed by atoms with E-state index in [1.54, 1.807) is 12.1 Å². The Morgan fingerprint density at radius 1 is 1.48 bits per heavy atom. The molecular formula is C15H18N2O3S. The predicted molar refractivity (Wildman–Crippen MR) is 82.5 cm³/mol. The molecule has 0 bridgehead atoms. The lowest BCUT2D eigenvalue weighted by Gasteiger charge is -2.10. The van der Waals surface area contributed by atoms with Gasteiger partial charge in [0.1, 0.15) is 0 Å². The lowest BCUT2D eigenvalue weighted by atomic mass is 10.1. The van der Waals surface area contributed by atoms with Crippen molar-refractivity contribution in [2.45, 2.75) is 13.3 Å². The second kappa shape index (κ2) is 6.29. The highest BCUT2D eigenvalue weighted by Crippen LogP contribution is 2.21. The lowest BCUT2D eigenvalue weighted by molar-refractivity contribution is -0.119. The van der Waals surface area contributed by atoms with Crippen LogP contribution in [0.2, 0.25) is 0 Å². The lowest BCUT2D eigenvalue weighted by Crippen LogP contribution is -2.23. The van der Waals surface area contributed by atoms with E-state index < -0.39 is 15.8 Å². The molecule has 1 unspecified atom stereocenters. The highest BCUT2D eigenvalue weighted by atomic mass is 32.2. The molecular weight excluding hydrogens is 288 g/mol.